The van der Waals surface area contributed by atoms with E-state index in [0.717, 1.165) is 27.8 Å². The molecule has 1 aromatic heterocycles. The van der Waals surface area contributed by atoms with Gasteiger partial charge in [-0.25, -0.2) is 0 Å². The van der Waals surface area contributed by atoms with Gasteiger partial charge in [0.1, 0.15) is 0 Å². The number of aryl methyl sites for hydroxylation is 2. The zero-order valence-electron chi connectivity index (χ0n) is 19.9. The first-order valence-corrected chi connectivity index (χ1v) is 12.3. The Labute approximate surface area is 197 Å². The van der Waals surface area contributed by atoms with Gasteiger partial charge in [0, 0.05) is 67.8 Å². The van der Waals surface area contributed by atoms with E-state index in [1.807, 2.05) is 26.0 Å². The SMILES string of the molecule is Cc1cc(C)c(CNCc2cc(Cl)cc(N(C)C3CCN(CC4CC4)CC3)c2C)c(=O)[nH]1. The summed E-state index contributed by atoms with van der Waals surface area (Å²) in [5, 5.41) is 4.23. The minimum Gasteiger partial charge on any atom is -0.371 e. The van der Waals surface area contributed by atoms with Gasteiger partial charge in [0.25, 0.3) is 5.56 Å². The monoisotopic (exact) mass is 456 g/mol. The number of anilines is 1. The highest BCUT2D eigenvalue weighted by molar-refractivity contribution is 6.31. The molecule has 2 aliphatic rings. The van der Waals surface area contributed by atoms with E-state index in [1.54, 1.807) is 0 Å². The number of likely N-dealkylation sites (tertiary alicyclic amines) is 1. The molecule has 0 radical (unpaired) electrons. The van der Waals surface area contributed by atoms with Crippen molar-refractivity contribution >= 4 is 17.3 Å². The highest BCUT2D eigenvalue weighted by atomic mass is 35.5. The quantitative estimate of drug-likeness (QED) is 0.611. The van der Waals surface area contributed by atoms with Crippen LogP contribution in [0.15, 0.2) is 23.0 Å². The normalized spacial score (nSPS) is 17.7. The summed E-state index contributed by atoms with van der Waals surface area (Å²) < 4.78 is 0. The number of aromatic amines is 1. The number of nitrogens with one attached hydrogen (secondary N) is 2. The van der Waals surface area contributed by atoms with Crippen LogP contribution in [0.25, 0.3) is 0 Å². The third-order valence-corrected chi connectivity index (χ3v) is 7.48. The fourth-order valence-corrected chi connectivity index (χ4v) is 5.28. The molecular weight excluding hydrogens is 420 g/mol. The molecule has 1 saturated carbocycles. The molecule has 4 rings (SSSR count). The molecule has 174 valence electrons. The summed E-state index contributed by atoms with van der Waals surface area (Å²) in [5.41, 5.74) is 6.38. The van der Waals surface area contributed by atoms with Crippen molar-refractivity contribution in [3.05, 3.63) is 61.5 Å². The number of aromatic nitrogens is 1. The summed E-state index contributed by atoms with van der Waals surface area (Å²) in [6.07, 6.45) is 5.27. The van der Waals surface area contributed by atoms with Crippen molar-refractivity contribution in [1.82, 2.24) is 15.2 Å². The lowest BCUT2D eigenvalue weighted by atomic mass is 9.99. The van der Waals surface area contributed by atoms with Crippen molar-refractivity contribution < 1.29 is 0 Å². The second-order valence-electron chi connectivity index (χ2n) is 9.84. The van der Waals surface area contributed by atoms with Crippen LogP contribution < -0.4 is 15.8 Å². The molecule has 2 heterocycles. The van der Waals surface area contributed by atoms with E-state index >= 15 is 0 Å². The zero-order chi connectivity index (χ0) is 22.8. The van der Waals surface area contributed by atoms with Crippen molar-refractivity contribution in [2.24, 2.45) is 5.92 Å². The molecule has 0 bridgehead atoms. The van der Waals surface area contributed by atoms with Gasteiger partial charge in [-0.3, -0.25) is 4.79 Å². The van der Waals surface area contributed by atoms with Gasteiger partial charge in [-0.05, 0) is 87.3 Å². The Bertz CT molecular complexity index is 1010. The number of piperidine rings is 1. The topological polar surface area (TPSA) is 51.4 Å². The Morgan fingerprint density at radius 2 is 1.81 bits per heavy atom. The van der Waals surface area contributed by atoms with E-state index in [-0.39, 0.29) is 5.56 Å². The highest BCUT2D eigenvalue weighted by Gasteiger charge is 2.28. The predicted molar refractivity (Wildman–Crippen MR) is 134 cm³/mol. The molecule has 1 aromatic carbocycles. The molecule has 1 aliphatic carbocycles. The van der Waals surface area contributed by atoms with Gasteiger partial charge in [-0.1, -0.05) is 11.6 Å². The summed E-state index contributed by atoms with van der Waals surface area (Å²) in [4.78, 5) is 20.3. The molecular formula is C26H37ClN4O. The van der Waals surface area contributed by atoms with Crippen LogP contribution in [-0.4, -0.2) is 42.6 Å². The first-order valence-electron chi connectivity index (χ1n) is 12.0. The van der Waals surface area contributed by atoms with Gasteiger partial charge < -0.3 is 20.1 Å². The van der Waals surface area contributed by atoms with E-state index in [0.29, 0.717) is 19.1 Å². The highest BCUT2D eigenvalue weighted by Crippen LogP contribution is 2.33. The van der Waals surface area contributed by atoms with Crippen LogP contribution in [0.1, 0.15) is 53.6 Å². The number of rotatable bonds is 8. The van der Waals surface area contributed by atoms with Crippen molar-refractivity contribution in [3.8, 4) is 0 Å². The van der Waals surface area contributed by atoms with Crippen molar-refractivity contribution in [2.75, 3.05) is 31.6 Å². The number of H-pyrrole nitrogens is 1. The van der Waals surface area contributed by atoms with Crippen molar-refractivity contribution in [3.63, 3.8) is 0 Å². The van der Waals surface area contributed by atoms with Gasteiger partial charge in [-0.2, -0.15) is 0 Å². The first kappa shape index (κ1) is 23.3. The Hall–Kier alpha value is -1.82. The third kappa shape index (κ3) is 5.56. The maximum Gasteiger partial charge on any atom is 0.252 e. The lowest BCUT2D eigenvalue weighted by Crippen LogP contribution is -2.44. The van der Waals surface area contributed by atoms with Gasteiger partial charge in [-0.15, -0.1) is 0 Å². The van der Waals surface area contributed by atoms with Crippen LogP contribution in [0, 0.1) is 26.7 Å². The van der Waals surface area contributed by atoms with Crippen LogP contribution in [0.5, 0.6) is 0 Å². The van der Waals surface area contributed by atoms with Gasteiger partial charge in [0.15, 0.2) is 0 Å². The summed E-state index contributed by atoms with van der Waals surface area (Å²) in [5.74, 6) is 0.966. The number of nitrogens with zero attached hydrogens (tertiary/aromatic N) is 2. The van der Waals surface area contributed by atoms with Gasteiger partial charge in [0.2, 0.25) is 0 Å². The van der Waals surface area contributed by atoms with E-state index in [1.165, 1.54) is 62.1 Å². The molecule has 0 spiro atoms. The Balaban J connectivity index is 1.40. The molecule has 1 aliphatic heterocycles. The van der Waals surface area contributed by atoms with Gasteiger partial charge in [0.05, 0.1) is 0 Å². The van der Waals surface area contributed by atoms with E-state index < -0.39 is 0 Å². The number of halogens is 1. The zero-order valence-corrected chi connectivity index (χ0v) is 20.7. The molecule has 32 heavy (non-hydrogen) atoms. The summed E-state index contributed by atoms with van der Waals surface area (Å²) in [7, 11) is 2.21. The second kappa shape index (κ2) is 9.98. The van der Waals surface area contributed by atoms with Crippen LogP contribution in [0.3, 0.4) is 0 Å². The van der Waals surface area contributed by atoms with Crippen LogP contribution >= 0.6 is 11.6 Å². The minimum absolute atomic E-state index is 0.00809. The van der Waals surface area contributed by atoms with Crippen LogP contribution in [-0.2, 0) is 13.1 Å². The number of pyridine rings is 1. The van der Waals surface area contributed by atoms with E-state index in [9.17, 15) is 4.79 Å². The smallest absolute Gasteiger partial charge is 0.252 e. The summed E-state index contributed by atoms with van der Waals surface area (Å²) >= 11 is 6.54. The average Bonchev–Trinajstić information content (AvgIpc) is 3.56. The molecule has 0 atom stereocenters. The fourth-order valence-electron chi connectivity index (χ4n) is 5.04. The molecule has 2 fully saturated rings. The number of hydrogen-bond donors (Lipinski definition) is 2. The van der Waals surface area contributed by atoms with Crippen LogP contribution in [0.2, 0.25) is 5.02 Å². The largest absolute Gasteiger partial charge is 0.371 e. The van der Waals surface area contributed by atoms with Crippen molar-refractivity contribution in [1.29, 1.82) is 0 Å². The Morgan fingerprint density at radius 1 is 1.09 bits per heavy atom. The van der Waals surface area contributed by atoms with E-state index in [2.05, 4.69) is 40.1 Å². The molecule has 2 N–H and O–H groups in total. The second-order valence-corrected chi connectivity index (χ2v) is 10.3. The Morgan fingerprint density at radius 3 is 2.47 bits per heavy atom. The molecule has 2 aromatic rings. The predicted octanol–water partition coefficient (Wildman–Crippen LogP) is 4.55. The van der Waals surface area contributed by atoms with Crippen molar-refractivity contribution in [2.45, 2.75) is 65.6 Å². The minimum atomic E-state index is -0.00809. The standard InChI is InChI=1S/C26H37ClN4O/c1-17-11-18(2)29-26(32)24(17)15-28-14-21-12-22(27)13-25(19(21)3)30(4)23-7-9-31(10-8-23)16-20-5-6-20/h11-13,20,23,28H,5-10,14-16H2,1-4H3,(H,29,32). The molecule has 0 unspecified atom stereocenters. The first-order chi connectivity index (χ1) is 15.3. The van der Waals surface area contributed by atoms with Crippen LogP contribution in [0.4, 0.5) is 5.69 Å². The molecule has 5 nitrogen and oxygen atoms in total. The fraction of sp³-hybridized carbons (Fsp3) is 0.577. The summed E-state index contributed by atoms with van der Waals surface area (Å²) in [6, 6.07) is 6.72. The lowest BCUT2D eigenvalue weighted by molar-refractivity contribution is 0.203. The number of benzene rings is 1. The van der Waals surface area contributed by atoms with E-state index in [4.69, 9.17) is 11.6 Å². The molecule has 6 heteroatoms. The van der Waals surface area contributed by atoms with Gasteiger partial charge >= 0.3 is 0 Å². The average molecular weight is 457 g/mol. The molecule has 1 saturated heterocycles. The maximum absolute atomic E-state index is 12.3. The lowest BCUT2D eigenvalue weighted by Gasteiger charge is -2.38. The maximum atomic E-state index is 12.3. The number of hydrogen-bond acceptors (Lipinski definition) is 4. The Kier molecular flexibility index (Phi) is 7.28. The molecule has 0 amide bonds. The summed E-state index contributed by atoms with van der Waals surface area (Å²) in [6.45, 7) is 11.0. The third-order valence-electron chi connectivity index (χ3n) is 7.26.